The quantitative estimate of drug-likeness (QED) is 0.811. The molecule has 5 heteroatoms. The molecular weight excluding hydrogens is 236 g/mol. The lowest BCUT2D eigenvalue weighted by Crippen LogP contribution is -2.28. The lowest BCUT2D eigenvalue weighted by atomic mass is 10.2. The van der Waals surface area contributed by atoms with E-state index < -0.39 is 11.6 Å². The molecule has 1 saturated carbocycles. The van der Waals surface area contributed by atoms with Crippen LogP contribution in [0.15, 0.2) is 12.1 Å². The van der Waals surface area contributed by atoms with Crippen molar-refractivity contribution in [1.29, 1.82) is 0 Å². The molecule has 0 bridgehead atoms. The molecule has 2 aliphatic rings. The van der Waals surface area contributed by atoms with E-state index >= 15 is 0 Å². The van der Waals surface area contributed by atoms with E-state index in [-0.39, 0.29) is 11.7 Å². The minimum Gasteiger partial charge on any atom is -0.395 e. The van der Waals surface area contributed by atoms with Gasteiger partial charge in [0.15, 0.2) is 5.82 Å². The van der Waals surface area contributed by atoms with E-state index in [4.69, 9.17) is 5.73 Å². The molecule has 1 aromatic carbocycles. The highest BCUT2D eigenvalue weighted by molar-refractivity contribution is 5.67. The molecule has 1 saturated heterocycles. The number of rotatable bonds is 3. The summed E-state index contributed by atoms with van der Waals surface area (Å²) in [5.74, 6) is -1.30. The number of likely N-dealkylation sites (tertiary alicyclic amines) is 1. The smallest absolute Gasteiger partial charge is 0.151 e. The van der Waals surface area contributed by atoms with E-state index in [0.29, 0.717) is 5.69 Å². The van der Waals surface area contributed by atoms with Crippen LogP contribution in [0.3, 0.4) is 0 Å². The maximum absolute atomic E-state index is 13.3. The van der Waals surface area contributed by atoms with Crippen molar-refractivity contribution in [2.45, 2.75) is 31.3 Å². The molecule has 98 valence electrons. The minimum absolute atomic E-state index is 0.00118. The number of nitrogens with zero attached hydrogens (tertiary/aromatic N) is 1. The molecule has 1 unspecified atom stereocenters. The van der Waals surface area contributed by atoms with Gasteiger partial charge in [0.2, 0.25) is 0 Å². The molecule has 3 nitrogen and oxygen atoms in total. The predicted octanol–water partition coefficient (Wildman–Crippen LogP) is 2.20. The maximum atomic E-state index is 13.3. The third kappa shape index (κ3) is 2.27. The normalized spacial score (nSPS) is 24.4. The second-order valence-corrected chi connectivity index (χ2v) is 5.20. The van der Waals surface area contributed by atoms with E-state index in [1.807, 2.05) is 0 Å². The van der Waals surface area contributed by atoms with Gasteiger partial charge in [-0.15, -0.1) is 0 Å². The molecule has 0 radical (unpaired) electrons. The van der Waals surface area contributed by atoms with Gasteiger partial charge in [-0.1, -0.05) is 0 Å². The maximum Gasteiger partial charge on any atom is 0.151 e. The van der Waals surface area contributed by atoms with Gasteiger partial charge in [-0.25, -0.2) is 8.78 Å². The Labute approximate surface area is 105 Å². The van der Waals surface area contributed by atoms with Crippen LogP contribution in [0.4, 0.5) is 20.2 Å². The molecule has 0 spiro atoms. The summed E-state index contributed by atoms with van der Waals surface area (Å²) in [6.45, 7) is 1.99. The zero-order valence-corrected chi connectivity index (χ0v) is 10.1. The van der Waals surface area contributed by atoms with Gasteiger partial charge < -0.3 is 11.1 Å². The average molecular weight is 253 g/mol. The lowest BCUT2D eigenvalue weighted by Gasteiger charge is -2.18. The molecule has 0 aromatic heterocycles. The number of benzene rings is 1. The molecule has 2 fully saturated rings. The number of nitrogens with two attached hydrogens (primary N) is 1. The van der Waals surface area contributed by atoms with Crippen molar-refractivity contribution in [3.8, 4) is 0 Å². The number of anilines is 2. The third-order valence-corrected chi connectivity index (χ3v) is 3.74. The van der Waals surface area contributed by atoms with E-state index in [0.717, 1.165) is 31.6 Å². The first-order chi connectivity index (χ1) is 8.63. The van der Waals surface area contributed by atoms with Crippen LogP contribution in [0.5, 0.6) is 0 Å². The van der Waals surface area contributed by atoms with Crippen LogP contribution in [0.1, 0.15) is 19.3 Å². The summed E-state index contributed by atoms with van der Waals surface area (Å²) in [6, 6.07) is 3.04. The molecule has 3 rings (SSSR count). The van der Waals surface area contributed by atoms with Gasteiger partial charge in [-0.3, -0.25) is 4.90 Å². The first-order valence-electron chi connectivity index (χ1n) is 6.38. The van der Waals surface area contributed by atoms with E-state index in [9.17, 15) is 8.78 Å². The third-order valence-electron chi connectivity index (χ3n) is 3.74. The Bertz CT molecular complexity index is 460. The molecule has 1 aliphatic carbocycles. The van der Waals surface area contributed by atoms with Crippen molar-refractivity contribution in [2.24, 2.45) is 0 Å². The second kappa shape index (κ2) is 4.39. The molecule has 3 N–H and O–H groups in total. The summed E-state index contributed by atoms with van der Waals surface area (Å²) >= 11 is 0. The molecule has 1 atom stereocenters. The Kier molecular flexibility index (Phi) is 2.86. The van der Waals surface area contributed by atoms with Crippen LogP contribution in [-0.4, -0.2) is 30.1 Å². The fourth-order valence-corrected chi connectivity index (χ4v) is 2.60. The Hall–Kier alpha value is -1.36. The Morgan fingerprint density at radius 1 is 1.22 bits per heavy atom. The van der Waals surface area contributed by atoms with Crippen LogP contribution in [0.25, 0.3) is 0 Å². The standard InChI is InChI=1S/C13H17F2N3/c14-8-5-11(15)13(16)12(6-8)17-9-3-4-18(7-9)10-1-2-10/h5-6,9-10,17H,1-4,7,16H2. The molecule has 0 amide bonds. The highest BCUT2D eigenvalue weighted by Crippen LogP contribution is 2.31. The topological polar surface area (TPSA) is 41.3 Å². The number of nitrogens with one attached hydrogen (secondary N) is 1. The number of nitrogen functional groups attached to an aromatic ring is 1. The Morgan fingerprint density at radius 3 is 2.72 bits per heavy atom. The first kappa shape index (κ1) is 11.7. The van der Waals surface area contributed by atoms with Crippen LogP contribution in [0, 0.1) is 11.6 Å². The van der Waals surface area contributed by atoms with Crippen LogP contribution in [0.2, 0.25) is 0 Å². The van der Waals surface area contributed by atoms with E-state index in [2.05, 4.69) is 10.2 Å². The summed E-state index contributed by atoms with van der Waals surface area (Å²) in [7, 11) is 0. The van der Waals surface area contributed by atoms with Gasteiger partial charge in [-0.2, -0.15) is 0 Å². The van der Waals surface area contributed by atoms with Crippen molar-refractivity contribution in [1.82, 2.24) is 4.90 Å². The number of hydrogen-bond donors (Lipinski definition) is 2. The predicted molar refractivity (Wildman–Crippen MR) is 67.4 cm³/mol. The van der Waals surface area contributed by atoms with Gasteiger partial charge in [0.05, 0.1) is 11.4 Å². The fourth-order valence-electron chi connectivity index (χ4n) is 2.60. The van der Waals surface area contributed by atoms with Crippen molar-refractivity contribution in [2.75, 3.05) is 24.1 Å². The van der Waals surface area contributed by atoms with Crippen LogP contribution >= 0.6 is 0 Å². The van der Waals surface area contributed by atoms with Crippen molar-refractivity contribution >= 4 is 11.4 Å². The largest absolute Gasteiger partial charge is 0.395 e. The van der Waals surface area contributed by atoms with Crippen molar-refractivity contribution < 1.29 is 8.78 Å². The van der Waals surface area contributed by atoms with Crippen molar-refractivity contribution in [3.05, 3.63) is 23.8 Å². The van der Waals surface area contributed by atoms with Gasteiger partial charge in [-0.05, 0) is 25.3 Å². The Morgan fingerprint density at radius 2 is 2.00 bits per heavy atom. The monoisotopic (exact) mass is 253 g/mol. The summed E-state index contributed by atoms with van der Waals surface area (Å²) in [5.41, 5.74) is 5.99. The number of halogens is 2. The second-order valence-electron chi connectivity index (χ2n) is 5.20. The van der Waals surface area contributed by atoms with Gasteiger partial charge in [0, 0.05) is 31.2 Å². The Balaban J connectivity index is 1.69. The van der Waals surface area contributed by atoms with Crippen LogP contribution < -0.4 is 11.1 Å². The molecule has 1 aliphatic heterocycles. The average Bonchev–Trinajstić information content (AvgIpc) is 3.07. The van der Waals surface area contributed by atoms with Gasteiger partial charge in [0.1, 0.15) is 5.82 Å². The fraction of sp³-hybridized carbons (Fsp3) is 0.538. The SMILES string of the molecule is Nc1c(F)cc(F)cc1NC1CCN(C2CC2)C1. The first-order valence-corrected chi connectivity index (χ1v) is 6.38. The minimum atomic E-state index is -0.699. The summed E-state index contributed by atoms with van der Waals surface area (Å²) in [5, 5.41) is 3.16. The molecule has 1 heterocycles. The summed E-state index contributed by atoms with van der Waals surface area (Å²) < 4.78 is 26.5. The van der Waals surface area contributed by atoms with E-state index in [1.54, 1.807) is 0 Å². The lowest BCUT2D eigenvalue weighted by molar-refractivity contribution is 0.326. The molecule has 18 heavy (non-hydrogen) atoms. The zero-order valence-electron chi connectivity index (χ0n) is 10.1. The summed E-state index contributed by atoms with van der Waals surface area (Å²) in [4.78, 5) is 2.43. The van der Waals surface area contributed by atoms with Gasteiger partial charge in [0.25, 0.3) is 0 Å². The molecule has 1 aromatic rings. The number of hydrogen-bond acceptors (Lipinski definition) is 3. The highest BCUT2D eigenvalue weighted by Gasteiger charge is 2.34. The molecular formula is C13H17F2N3. The van der Waals surface area contributed by atoms with E-state index in [1.165, 1.54) is 18.9 Å². The zero-order chi connectivity index (χ0) is 12.7. The highest BCUT2D eigenvalue weighted by atomic mass is 19.1. The van der Waals surface area contributed by atoms with Gasteiger partial charge >= 0.3 is 0 Å². The summed E-state index contributed by atoms with van der Waals surface area (Å²) in [6.07, 6.45) is 3.56. The van der Waals surface area contributed by atoms with Crippen LogP contribution in [-0.2, 0) is 0 Å². The van der Waals surface area contributed by atoms with Crippen molar-refractivity contribution in [3.63, 3.8) is 0 Å².